The fraction of sp³-hybridized carbons (Fsp3) is 0.217. The van der Waals surface area contributed by atoms with Gasteiger partial charge >= 0.3 is 11.7 Å². The Morgan fingerprint density at radius 2 is 1.67 bits per heavy atom. The Bertz CT molecular complexity index is 1180. The molecule has 2 aromatic carbocycles. The largest absolute Gasteiger partial charge is 0.451 e. The van der Waals surface area contributed by atoms with Gasteiger partial charge in [0.25, 0.3) is 5.91 Å². The summed E-state index contributed by atoms with van der Waals surface area (Å²) in [7, 11) is 0. The van der Waals surface area contributed by atoms with E-state index in [9.17, 15) is 24.6 Å². The molecule has 4 rings (SSSR count). The van der Waals surface area contributed by atoms with E-state index < -0.39 is 48.7 Å². The monoisotopic (exact) mass is 451 g/mol. The molecule has 10 nitrogen and oxygen atoms in total. The molecule has 170 valence electrons. The van der Waals surface area contributed by atoms with Crippen LogP contribution in [0.4, 0.5) is 5.82 Å². The Balaban J connectivity index is 1.56. The van der Waals surface area contributed by atoms with Gasteiger partial charge in [0.1, 0.15) is 18.0 Å². The van der Waals surface area contributed by atoms with E-state index >= 15 is 0 Å². The second-order valence-corrected chi connectivity index (χ2v) is 7.30. The molecule has 0 spiro atoms. The van der Waals surface area contributed by atoms with Crippen LogP contribution < -0.4 is 11.0 Å². The summed E-state index contributed by atoms with van der Waals surface area (Å²) in [6, 6.07) is 17.9. The van der Waals surface area contributed by atoms with Crippen LogP contribution in [0.1, 0.15) is 26.9 Å². The number of carbonyl (C=O) groups is 2. The smallest absolute Gasteiger partial charge is 0.351 e. The van der Waals surface area contributed by atoms with Crippen molar-refractivity contribution in [1.82, 2.24) is 9.55 Å². The third kappa shape index (κ3) is 4.82. The van der Waals surface area contributed by atoms with Crippen LogP contribution in [0, 0.1) is 0 Å². The number of hydrogen-bond acceptors (Lipinski definition) is 8. The number of aromatic nitrogens is 2. The fourth-order valence-electron chi connectivity index (χ4n) is 3.44. The maximum atomic E-state index is 12.7. The van der Waals surface area contributed by atoms with Gasteiger partial charge in [0.15, 0.2) is 12.3 Å². The molecular formula is C23H21N3O7. The van der Waals surface area contributed by atoms with Crippen molar-refractivity contribution in [2.45, 2.75) is 24.5 Å². The molecular weight excluding hydrogens is 430 g/mol. The van der Waals surface area contributed by atoms with Crippen molar-refractivity contribution < 1.29 is 29.3 Å². The van der Waals surface area contributed by atoms with Gasteiger partial charge in [-0.1, -0.05) is 36.4 Å². The van der Waals surface area contributed by atoms with E-state index in [4.69, 9.17) is 9.47 Å². The van der Waals surface area contributed by atoms with Gasteiger partial charge in [-0.05, 0) is 30.3 Å². The lowest BCUT2D eigenvalue weighted by Crippen LogP contribution is -2.39. The number of ether oxygens (including phenoxy) is 2. The van der Waals surface area contributed by atoms with Gasteiger partial charge in [0.05, 0.1) is 12.2 Å². The third-order valence-electron chi connectivity index (χ3n) is 5.13. The van der Waals surface area contributed by atoms with Gasteiger partial charge < -0.3 is 25.0 Å². The topological polar surface area (TPSA) is 140 Å². The molecule has 0 aliphatic carbocycles. The van der Waals surface area contributed by atoms with Crippen LogP contribution in [0.3, 0.4) is 0 Å². The second kappa shape index (κ2) is 9.74. The first-order valence-electron chi connectivity index (χ1n) is 10.1. The zero-order valence-electron chi connectivity index (χ0n) is 17.3. The van der Waals surface area contributed by atoms with Crippen LogP contribution in [0.5, 0.6) is 0 Å². The first-order chi connectivity index (χ1) is 16.0. The van der Waals surface area contributed by atoms with Crippen LogP contribution in [-0.4, -0.2) is 56.6 Å². The van der Waals surface area contributed by atoms with Crippen molar-refractivity contribution in [3.63, 3.8) is 0 Å². The maximum Gasteiger partial charge on any atom is 0.351 e. The second-order valence-electron chi connectivity index (χ2n) is 7.30. The summed E-state index contributed by atoms with van der Waals surface area (Å²) in [6.07, 6.45) is -3.66. The van der Waals surface area contributed by atoms with Gasteiger partial charge in [-0.15, -0.1) is 0 Å². The highest BCUT2D eigenvalue weighted by molar-refractivity contribution is 6.03. The Labute approximate surface area is 188 Å². The summed E-state index contributed by atoms with van der Waals surface area (Å²) in [5, 5.41) is 22.6. The van der Waals surface area contributed by atoms with Crippen LogP contribution in [-0.2, 0) is 9.47 Å². The summed E-state index contributed by atoms with van der Waals surface area (Å²) in [6.45, 7) is -0.551. The molecule has 1 aliphatic heterocycles. The zero-order valence-corrected chi connectivity index (χ0v) is 17.3. The lowest BCUT2D eigenvalue weighted by molar-refractivity contribution is -0.0602. The summed E-state index contributed by atoms with van der Waals surface area (Å²) in [4.78, 5) is 41.3. The number of benzene rings is 2. The van der Waals surface area contributed by atoms with Gasteiger partial charge in [-0.3, -0.25) is 9.36 Å². The van der Waals surface area contributed by atoms with E-state index in [2.05, 4.69) is 10.3 Å². The van der Waals surface area contributed by atoms with Gasteiger partial charge in [-0.25, -0.2) is 9.59 Å². The molecule has 1 aliphatic rings. The number of carbonyl (C=O) groups excluding carboxylic acids is 2. The van der Waals surface area contributed by atoms with E-state index in [0.29, 0.717) is 5.56 Å². The Morgan fingerprint density at radius 3 is 2.27 bits per heavy atom. The normalized spacial score (nSPS) is 22.0. The minimum absolute atomic E-state index is 0.0141. The van der Waals surface area contributed by atoms with E-state index in [-0.39, 0.29) is 11.4 Å². The van der Waals surface area contributed by atoms with Crippen molar-refractivity contribution in [3.8, 4) is 0 Å². The first kappa shape index (κ1) is 22.3. The molecule has 0 radical (unpaired) electrons. The van der Waals surface area contributed by atoms with E-state index in [0.717, 1.165) is 4.57 Å². The lowest BCUT2D eigenvalue weighted by atomic mass is 10.1. The van der Waals surface area contributed by atoms with Crippen molar-refractivity contribution in [2.24, 2.45) is 0 Å². The minimum atomic E-state index is -1.38. The molecule has 10 heteroatoms. The quantitative estimate of drug-likeness (QED) is 0.471. The number of aliphatic hydroxyl groups is 2. The molecule has 1 amide bonds. The van der Waals surface area contributed by atoms with E-state index in [1.165, 1.54) is 12.3 Å². The van der Waals surface area contributed by atoms with Gasteiger partial charge in [-0.2, -0.15) is 4.98 Å². The number of esters is 1. The highest BCUT2D eigenvalue weighted by Gasteiger charge is 2.47. The number of nitrogens with zero attached hydrogens (tertiary/aromatic N) is 2. The lowest BCUT2D eigenvalue weighted by Gasteiger charge is -2.22. The van der Waals surface area contributed by atoms with Crippen LogP contribution in [0.25, 0.3) is 0 Å². The summed E-state index contributed by atoms with van der Waals surface area (Å²) in [5.41, 5.74) is -0.165. The van der Waals surface area contributed by atoms with E-state index in [1.54, 1.807) is 60.7 Å². The zero-order chi connectivity index (χ0) is 23.4. The SMILES string of the molecule is O=C(Nc1ccn(C2OC(CO)C(O)C2OC(=O)c2ccccc2)c(=O)n1)c1ccccc1. The number of rotatable bonds is 6. The molecule has 3 N–H and O–H groups in total. The number of amides is 1. The molecule has 0 saturated carbocycles. The standard InChI is InChI=1S/C23H21N3O7/c27-13-16-18(28)19(33-22(30)15-9-5-2-6-10-15)21(32-16)26-12-11-17(25-23(26)31)24-20(29)14-7-3-1-4-8-14/h1-12,16,18-19,21,27-28H,13H2,(H,24,25,29,31). The van der Waals surface area contributed by atoms with Gasteiger partial charge in [0.2, 0.25) is 0 Å². The van der Waals surface area contributed by atoms with E-state index in [1.807, 2.05) is 0 Å². The average Bonchev–Trinajstić information content (AvgIpc) is 3.15. The molecule has 1 aromatic heterocycles. The van der Waals surface area contributed by atoms with Crippen molar-refractivity contribution in [1.29, 1.82) is 0 Å². The highest BCUT2D eigenvalue weighted by atomic mass is 16.6. The third-order valence-corrected chi connectivity index (χ3v) is 5.13. The summed E-state index contributed by atoms with van der Waals surface area (Å²) in [5.74, 6) is -1.15. The number of anilines is 1. The van der Waals surface area contributed by atoms with Crippen LogP contribution in [0.2, 0.25) is 0 Å². The Morgan fingerprint density at radius 1 is 1.03 bits per heavy atom. The average molecular weight is 451 g/mol. The summed E-state index contributed by atoms with van der Waals surface area (Å²) >= 11 is 0. The number of hydrogen-bond donors (Lipinski definition) is 3. The van der Waals surface area contributed by atoms with Crippen molar-refractivity contribution in [2.75, 3.05) is 11.9 Å². The predicted molar refractivity (Wildman–Crippen MR) is 116 cm³/mol. The predicted octanol–water partition coefficient (Wildman–Crippen LogP) is 0.972. The number of nitrogens with one attached hydrogen (secondary N) is 1. The molecule has 4 atom stereocenters. The minimum Gasteiger partial charge on any atom is -0.451 e. The Hall–Kier alpha value is -3.86. The fourth-order valence-corrected chi connectivity index (χ4v) is 3.44. The number of aliphatic hydroxyl groups excluding tert-OH is 2. The first-order valence-corrected chi connectivity index (χ1v) is 10.1. The maximum absolute atomic E-state index is 12.7. The summed E-state index contributed by atoms with van der Waals surface area (Å²) < 4.78 is 12.0. The van der Waals surface area contributed by atoms with Crippen molar-refractivity contribution >= 4 is 17.7 Å². The van der Waals surface area contributed by atoms with Gasteiger partial charge in [0, 0.05) is 11.8 Å². The molecule has 1 saturated heterocycles. The molecule has 33 heavy (non-hydrogen) atoms. The molecule has 4 unspecified atom stereocenters. The molecule has 3 aromatic rings. The molecule has 0 bridgehead atoms. The highest BCUT2D eigenvalue weighted by Crippen LogP contribution is 2.31. The van der Waals surface area contributed by atoms with Crippen LogP contribution >= 0.6 is 0 Å². The Kier molecular flexibility index (Phi) is 6.59. The van der Waals surface area contributed by atoms with Crippen molar-refractivity contribution in [3.05, 3.63) is 94.5 Å². The molecule has 2 heterocycles. The molecule has 1 fully saturated rings. The van der Waals surface area contributed by atoms with Crippen LogP contribution in [0.15, 0.2) is 77.7 Å².